The number of hydrogen-bond donors (Lipinski definition) is 0. The van der Waals surface area contributed by atoms with E-state index in [1.165, 1.54) is 12.1 Å². The summed E-state index contributed by atoms with van der Waals surface area (Å²) in [5, 5.41) is 17.0. The van der Waals surface area contributed by atoms with E-state index in [0.29, 0.717) is 0 Å². The quantitative estimate of drug-likeness (QED) is 0.614. The zero-order valence-electron chi connectivity index (χ0n) is 9.89. The van der Waals surface area contributed by atoms with Gasteiger partial charge in [0.1, 0.15) is 5.84 Å². The van der Waals surface area contributed by atoms with E-state index >= 15 is 0 Å². The first-order valence-corrected chi connectivity index (χ1v) is 5.57. The van der Waals surface area contributed by atoms with Crippen LogP contribution >= 0.6 is 12.4 Å². The molecular formula is C12H11ClN4O2. The van der Waals surface area contributed by atoms with Crippen molar-refractivity contribution in [3.63, 3.8) is 0 Å². The van der Waals surface area contributed by atoms with Crippen molar-refractivity contribution in [3.8, 4) is 0 Å². The molecule has 0 fully saturated rings. The lowest BCUT2D eigenvalue weighted by molar-refractivity contribution is -0.384. The Balaban J connectivity index is 0.00000133. The van der Waals surface area contributed by atoms with Crippen LogP contribution in [-0.4, -0.2) is 34.6 Å². The Morgan fingerprint density at radius 3 is 2.95 bits per heavy atom. The molecule has 0 N–H and O–H groups in total. The molecule has 0 spiro atoms. The van der Waals surface area contributed by atoms with Crippen molar-refractivity contribution >= 4 is 29.6 Å². The lowest BCUT2D eigenvalue weighted by Gasteiger charge is -2.17. The summed E-state index contributed by atoms with van der Waals surface area (Å²) in [6.07, 6.45) is 3.72. The molecule has 0 atom stereocenters. The molecule has 98 valence electrons. The predicted molar refractivity (Wildman–Crippen MR) is 75.0 cm³/mol. The molecule has 7 heteroatoms. The SMILES string of the molecule is Cl.O=[N+]([O-])c1cccc(C2=NN3CCN=C3C=C2)c1. The molecule has 0 bridgehead atoms. The highest BCUT2D eigenvalue weighted by atomic mass is 35.5. The fraction of sp³-hybridized carbons (Fsp3) is 0.167. The van der Waals surface area contributed by atoms with Gasteiger partial charge in [0, 0.05) is 17.7 Å². The molecule has 6 nitrogen and oxygen atoms in total. The van der Waals surface area contributed by atoms with Crippen molar-refractivity contribution in [2.24, 2.45) is 10.1 Å². The fourth-order valence-corrected chi connectivity index (χ4v) is 1.95. The van der Waals surface area contributed by atoms with Gasteiger partial charge in [-0.25, -0.2) is 5.01 Å². The molecule has 2 aliphatic heterocycles. The van der Waals surface area contributed by atoms with Gasteiger partial charge in [0.15, 0.2) is 0 Å². The normalized spacial score (nSPS) is 16.3. The molecule has 1 aromatic carbocycles. The van der Waals surface area contributed by atoms with Crippen LogP contribution in [0.2, 0.25) is 0 Å². The zero-order chi connectivity index (χ0) is 12.5. The molecule has 0 amide bonds. The summed E-state index contributed by atoms with van der Waals surface area (Å²) in [6, 6.07) is 6.48. The highest BCUT2D eigenvalue weighted by Crippen LogP contribution is 2.17. The van der Waals surface area contributed by atoms with E-state index in [4.69, 9.17) is 0 Å². The van der Waals surface area contributed by atoms with Crippen molar-refractivity contribution in [3.05, 3.63) is 52.1 Å². The summed E-state index contributed by atoms with van der Waals surface area (Å²) < 4.78 is 0. The number of hydrazone groups is 1. The third-order valence-electron chi connectivity index (χ3n) is 2.82. The van der Waals surface area contributed by atoms with Crippen LogP contribution in [0, 0.1) is 10.1 Å². The van der Waals surface area contributed by atoms with Crippen LogP contribution < -0.4 is 0 Å². The van der Waals surface area contributed by atoms with E-state index in [-0.39, 0.29) is 18.1 Å². The first-order valence-electron chi connectivity index (χ1n) is 5.57. The molecule has 0 radical (unpaired) electrons. The fourth-order valence-electron chi connectivity index (χ4n) is 1.95. The Hall–Kier alpha value is -2.21. The van der Waals surface area contributed by atoms with E-state index in [0.717, 1.165) is 30.2 Å². The third-order valence-corrected chi connectivity index (χ3v) is 2.82. The minimum absolute atomic E-state index is 0. The molecule has 0 saturated carbocycles. The van der Waals surface area contributed by atoms with Gasteiger partial charge in [-0.2, -0.15) is 5.10 Å². The van der Waals surface area contributed by atoms with E-state index in [1.807, 2.05) is 23.2 Å². The lowest BCUT2D eigenvalue weighted by Crippen LogP contribution is -2.25. The summed E-state index contributed by atoms with van der Waals surface area (Å²) >= 11 is 0. The molecule has 2 aliphatic rings. The monoisotopic (exact) mass is 278 g/mol. The predicted octanol–water partition coefficient (Wildman–Crippen LogP) is 2.00. The standard InChI is InChI=1S/C12H10N4O2.ClH/c17-16(18)10-3-1-2-9(8-10)11-4-5-12-13-6-7-15(12)14-11;/h1-5,8H,6-7H2;1H. The number of aliphatic imine (C=N–C) groups is 1. The van der Waals surface area contributed by atoms with E-state index in [9.17, 15) is 10.1 Å². The Kier molecular flexibility index (Phi) is 3.62. The van der Waals surface area contributed by atoms with Crippen molar-refractivity contribution in [1.29, 1.82) is 0 Å². The van der Waals surface area contributed by atoms with E-state index < -0.39 is 4.92 Å². The summed E-state index contributed by atoms with van der Waals surface area (Å²) in [6.45, 7) is 1.50. The number of hydrogen-bond acceptors (Lipinski definition) is 5. The molecule has 0 aliphatic carbocycles. The second kappa shape index (κ2) is 5.19. The average Bonchev–Trinajstić information content (AvgIpc) is 2.86. The minimum atomic E-state index is -0.403. The van der Waals surface area contributed by atoms with E-state index in [1.54, 1.807) is 6.07 Å². The summed E-state index contributed by atoms with van der Waals surface area (Å²) in [7, 11) is 0. The van der Waals surface area contributed by atoms with E-state index in [2.05, 4.69) is 10.1 Å². The summed E-state index contributed by atoms with van der Waals surface area (Å²) in [5.41, 5.74) is 1.54. The van der Waals surface area contributed by atoms with Crippen LogP contribution in [0.15, 0.2) is 46.5 Å². The van der Waals surface area contributed by atoms with Crippen molar-refractivity contribution in [2.45, 2.75) is 0 Å². The maximum absolute atomic E-state index is 10.7. The number of allylic oxidation sites excluding steroid dienone is 1. The zero-order valence-corrected chi connectivity index (χ0v) is 10.7. The molecule has 0 saturated heterocycles. The largest absolute Gasteiger partial charge is 0.270 e. The van der Waals surface area contributed by atoms with Gasteiger partial charge in [-0.1, -0.05) is 12.1 Å². The van der Waals surface area contributed by atoms with Crippen LogP contribution in [0.3, 0.4) is 0 Å². The Morgan fingerprint density at radius 2 is 2.16 bits per heavy atom. The molecule has 1 aromatic rings. The number of fused-ring (bicyclic) bond motifs is 1. The van der Waals surface area contributed by atoms with Crippen molar-refractivity contribution in [2.75, 3.05) is 13.1 Å². The van der Waals surface area contributed by atoms with Crippen LogP contribution in [0.4, 0.5) is 5.69 Å². The van der Waals surface area contributed by atoms with Gasteiger partial charge < -0.3 is 0 Å². The van der Waals surface area contributed by atoms with Crippen LogP contribution in [0.25, 0.3) is 0 Å². The third kappa shape index (κ3) is 2.48. The summed E-state index contributed by atoms with van der Waals surface area (Å²) in [4.78, 5) is 14.6. The van der Waals surface area contributed by atoms with Crippen molar-refractivity contribution < 1.29 is 4.92 Å². The number of nitrogens with zero attached hydrogens (tertiary/aromatic N) is 4. The van der Waals surface area contributed by atoms with Gasteiger partial charge in [0.25, 0.3) is 5.69 Å². The first kappa shape index (κ1) is 13.2. The van der Waals surface area contributed by atoms with Crippen LogP contribution in [0.1, 0.15) is 5.56 Å². The van der Waals surface area contributed by atoms with Crippen LogP contribution in [-0.2, 0) is 0 Å². The molecule has 19 heavy (non-hydrogen) atoms. The smallest absolute Gasteiger partial charge is 0.265 e. The van der Waals surface area contributed by atoms with Crippen molar-refractivity contribution in [1.82, 2.24) is 5.01 Å². The van der Waals surface area contributed by atoms with Gasteiger partial charge in [0.2, 0.25) is 0 Å². The number of rotatable bonds is 2. The maximum Gasteiger partial charge on any atom is 0.270 e. The minimum Gasteiger partial charge on any atom is -0.265 e. The highest BCUT2D eigenvalue weighted by molar-refractivity contribution is 6.14. The van der Waals surface area contributed by atoms with Gasteiger partial charge in [-0.05, 0) is 12.2 Å². The number of nitro groups is 1. The molecular weight excluding hydrogens is 268 g/mol. The first-order chi connectivity index (χ1) is 8.74. The maximum atomic E-state index is 10.7. The average molecular weight is 279 g/mol. The van der Waals surface area contributed by atoms with Gasteiger partial charge in [0.05, 0.1) is 23.7 Å². The topological polar surface area (TPSA) is 71.1 Å². The van der Waals surface area contributed by atoms with Gasteiger partial charge >= 0.3 is 0 Å². The second-order valence-corrected chi connectivity index (χ2v) is 3.99. The Labute approximate surface area is 115 Å². The molecule has 2 heterocycles. The number of benzene rings is 1. The number of non-ortho nitro benzene ring substituents is 1. The number of amidine groups is 1. The van der Waals surface area contributed by atoms with Gasteiger partial charge in [-0.15, -0.1) is 12.4 Å². The number of halogens is 1. The lowest BCUT2D eigenvalue weighted by atomic mass is 10.1. The Bertz CT molecular complexity index is 610. The second-order valence-electron chi connectivity index (χ2n) is 3.99. The molecule has 3 rings (SSSR count). The molecule has 0 aromatic heterocycles. The number of nitro benzene ring substituents is 1. The van der Waals surface area contributed by atoms with Gasteiger partial charge in [-0.3, -0.25) is 15.1 Å². The van der Waals surface area contributed by atoms with Crippen LogP contribution in [0.5, 0.6) is 0 Å². The Morgan fingerprint density at radius 1 is 1.32 bits per heavy atom. The molecule has 0 unspecified atom stereocenters. The summed E-state index contributed by atoms with van der Waals surface area (Å²) in [5.74, 6) is 0.851. The highest BCUT2D eigenvalue weighted by Gasteiger charge is 2.19.